The Balaban J connectivity index is 0.000000774. The van der Waals surface area contributed by atoms with Crippen LogP contribution >= 0.6 is 0 Å². The van der Waals surface area contributed by atoms with Crippen molar-refractivity contribution in [2.75, 3.05) is 7.05 Å². The average Bonchev–Trinajstić information content (AvgIpc) is 1.68. The van der Waals surface area contributed by atoms with Crippen LogP contribution in [0.2, 0.25) is 0 Å². The molecule has 0 aliphatic rings. The van der Waals surface area contributed by atoms with Gasteiger partial charge in [-0.25, -0.2) is 50.5 Å². The summed E-state index contributed by atoms with van der Waals surface area (Å²) < 4.78 is 161. The minimum Gasteiger partial charge on any atom is -0.477 e. The van der Waals surface area contributed by atoms with Crippen LogP contribution in [-0.4, -0.2) is 131 Å². The van der Waals surface area contributed by atoms with Crippen LogP contribution in [0.3, 0.4) is 0 Å². The molecular formula is C95H76F12Ir6N18O8-6. The SMILES string of the molecule is CNCc1ccnc(-c2[c-]cc(F)cc2F)c1.Cc1cc(C(=O)O)nn1C.Cc1cc(C(=O)O)nn1C.Cc1cc(C(=O)O)nn1C.Cc1ccnc(-c2[c-]cc(F)cc2F)c1.Cc1ccnc(-c2[c-]cc(F)nc2F)c1.Cc1ccnc(-c2[c-]cc(F)nc2F)c1.Cc1ccnc(-c2[c-]cc(F)nc2F)c1.O=C(O)c1ccccn1.[C-]#[N+]c1c(F)c[c-]c(-c2cc(C)ccn2)c1F.[Ir].[Ir].[Ir].[Ir].[Ir].[Ir]. The summed E-state index contributed by atoms with van der Waals surface area (Å²) in [4.78, 5) is 80.6. The van der Waals surface area contributed by atoms with Crippen molar-refractivity contribution in [2.45, 2.75) is 61.9 Å². The molecule has 5 N–H and O–H groups in total. The number of hydrogen-bond donors (Lipinski definition) is 5. The van der Waals surface area contributed by atoms with Gasteiger partial charge in [0.1, 0.15) is 41.4 Å². The number of aromatic nitrogens is 16. The predicted molar refractivity (Wildman–Crippen MR) is 463 cm³/mol. The summed E-state index contributed by atoms with van der Waals surface area (Å²) in [6.07, 6.45) is 10.8. The number of aryl methyl sites for hydroxylation is 11. The largest absolute Gasteiger partial charge is 0.477 e. The summed E-state index contributed by atoms with van der Waals surface area (Å²) in [5.41, 5.74) is 11.1. The van der Waals surface area contributed by atoms with Crippen LogP contribution < -0.4 is 5.32 Å². The average molecular weight is 2980 g/mol. The molecule has 139 heavy (non-hydrogen) atoms. The van der Waals surface area contributed by atoms with Crippen LogP contribution in [0.1, 0.15) is 92.4 Å². The Kier molecular flexibility index (Phi) is 54.9. The molecule has 6 radical (unpaired) electrons. The van der Waals surface area contributed by atoms with E-state index in [1.54, 1.807) is 146 Å². The monoisotopic (exact) mass is 2980 g/mol. The second kappa shape index (κ2) is 61.5. The Hall–Kier alpha value is -12.8. The van der Waals surface area contributed by atoms with Gasteiger partial charge in [0.05, 0.1) is 6.57 Å². The smallest absolute Gasteiger partial charge is 0.356 e. The van der Waals surface area contributed by atoms with Crippen molar-refractivity contribution < 1.29 is 213 Å². The summed E-state index contributed by atoms with van der Waals surface area (Å²) in [7, 11) is 6.95. The summed E-state index contributed by atoms with van der Waals surface area (Å²) in [5.74, 6) is -13.7. The van der Waals surface area contributed by atoms with Gasteiger partial charge in [0.25, 0.3) is 0 Å². The molecule has 26 nitrogen and oxygen atoms in total. The molecule has 0 saturated carbocycles. The molecule has 16 aromatic rings. The van der Waals surface area contributed by atoms with Crippen LogP contribution in [0.25, 0.3) is 72.4 Å². The number of benzene rings is 3. The molecule has 13 heterocycles. The maximum Gasteiger partial charge on any atom is 0.356 e. The summed E-state index contributed by atoms with van der Waals surface area (Å²) >= 11 is 0. The topological polar surface area (TPSA) is 348 Å². The quantitative estimate of drug-likeness (QED) is 0.0431. The van der Waals surface area contributed by atoms with Gasteiger partial charge in [-0.1, -0.05) is 128 Å². The molecule has 738 valence electrons. The first-order chi connectivity index (χ1) is 63.1. The Morgan fingerprint density at radius 1 is 0.345 bits per heavy atom. The number of aromatic carboxylic acids is 4. The van der Waals surface area contributed by atoms with Crippen LogP contribution in [0.4, 0.5) is 58.4 Å². The zero-order chi connectivity index (χ0) is 97.9. The molecule has 0 spiro atoms. The number of carboxylic acids is 4. The minimum atomic E-state index is -0.990. The maximum atomic E-state index is 13.8. The molecule has 3 aromatic carbocycles. The molecular weight excluding hydrogens is 2900 g/mol. The molecule has 44 heteroatoms. The van der Waals surface area contributed by atoms with E-state index in [1.165, 1.54) is 50.7 Å². The zero-order valence-electron chi connectivity index (χ0n) is 74.3. The molecule has 0 fully saturated rings. The van der Waals surface area contributed by atoms with Crippen LogP contribution in [-0.2, 0) is 148 Å². The van der Waals surface area contributed by atoms with Crippen LogP contribution in [0.5, 0.6) is 0 Å². The van der Waals surface area contributed by atoms with E-state index >= 15 is 0 Å². The Morgan fingerprint density at radius 3 is 0.878 bits per heavy atom. The van der Waals surface area contributed by atoms with E-state index in [2.05, 4.69) is 112 Å². The first-order valence-electron chi connectivity index (χ1n) is 38.5. The van der Waals surface area contributed by atoms with E-state index < -0.39 is 100 Å². The van der Waals surface area contributed by atoms with Crippen molar-refractivity contribution in [3.63, 3.8) is 0 Å². The third-order valence-corrected chi connectivity index (χ3v) is 17.3. The van der Waals surface area contributed by atoms with Crippen LogP contribution in [0.15, 0.2) is 201 Å². The van der Waals surface area contributed by atoms with E-state index in [1.807, 2.05) is 53.8 Å². The zero-order valence-corrected chi connectivity index (χ0v) is 88.7. The van der Waals surface area contributed by atoms with E-state index in [9.17, 15) is 71.9 Å². The summed E-state index contributed by atoms with van der Waals surface area (Å²) in [5, 5.41) is 47.8. The van der Waals surface area contributed by atoms with Gasteiger partial charge in [-0.05, 0) is 169 Å². The van der Waals surface area contributed by atoms with E-state index in [-0.39, 0.29) is 177 Å². The number of nitrogens with one attached hydrogen (secondary N) is 1. The predicted octanol–water partition coefficient (Wildman–Crippen LogP) is 19.0. The third-order valence-electron chi connectivity index (χ3n) is 17.3. The minimum absolute atomic E-state index is 0. The fourth-order valence-electron chi connectivity index (χ4n) is 10.5. The van der Waals surface area contributed by atoms with Crippen molar-refractivity contribution in [3.8, 4) is 67.5 Å². The fourth-order valence-corrected chi connectivity index (χ4v) is 10.5. The maximum absolute atomic E-state index is 13.8. The van der Waals surface area contributed by atoms with Gasteiger partial charge in [-0.3, -0.25) is 60.2 Å². The second-order valence-electron chi connectivity index (χ2n) is 27.5. The van der Waals surface area contributed by atoms with Crippen molar-refractivity contribution >= 4 is 29.6 Å². The number of hydrogen-bond acceptors (Lipinski definition) is 18. The van der Waals surface area contributed by atoms with Crippen molar-refractivity contribution in [3.05, 3.63) is 393 Å². The van der Waals surface area contributed by atoms with Crippen LogP contribution in [0, 0.1) is 169 Å². The standard InChI is InChI=1S/C13H7F2N2.C13H11F2N2.C12H8F2N.3C11H7F2N2.3C6H8N2O2.C6H5NO2.6Ir/c1-8-5-6-17-11(7-8)9-3-4-10(14)13(16-2)12(9)15;1-16-8-9-4-5-17-13(6-9)11-3-2-10(14)7-12(11)15;1-8-4-5-15-12(6-8)10-3-2-9(13)7-11(10)14;3*1-7-4-5-14-9(6-7)8-2-3-10(12)15-11(8)13;3*1-4-3-5(6(9)10)7-8(4)2;8-6(9)5-3-1-2-4-7-5;;;;;;/h4-7H,1H3;2,4-7,16H,8H2,1H3;2,4-7H,1H3;3*3-6H,1H3;3*3H,1-2H3,(H,9,10);1-4H,(H,8,9);;;;;;/q6*-1;;;;;;;;;;. The molecule has 16 rings (SSSR count). The van der Waals surface area contributed by atoms with Gasteiger partial charge in [0, 0.05) is 244 Å². The van der Waals surface area contributed by atoms with Gasteiger partial charge in [-0.15, -0.1) is 60.2 Å². The molecule has 0 unspecified atom stereocenters. The molecule has 0 saturated heterocycles. The van der Waals surface area contributed by atoms with Gasteiger partial charge in [-0.2, -0.15) is 15.3 Å². The molecule has 0 aliphatic carbocycles. The second-order valence-corrected chi connectivity index (χ2v) is 27.5. The Labute approximate surface area is 870 Å². The normalized spacial score (nSPS) is 9.66. The van der Waals surface area contributed by atoms with Gasteiger partial charge < -0.3 is 55.6 Å². The first-order valence-corrected chi connectivity index (χ1v) is 38.5. The summed E-state index contributed by atoms with van der Waals surface area (Å²) in [6.45, 7) is 22.1. The Morgan fingerprint density at radius 2 is 0.633 bits per heavy atom. The molecule has 0 atom stereocenters. The molecule has 0 amide bonds. The number of halogens is 12. The van der Waals surface area contributed by atoms with Gasteiger partial charge >= 0.3 is 23.9 Å². The number of nitrogens with zero attached hydrogens (tertiary/aromatic N) is 17. The number of pyridine rings is 10. The van der Waals surface area contributed by atoms with Crippen molar-refractivity contribution in [1.82, 2.24) is 84.5 Å². The number of carbonyl (C=O) groups is 4. The first kappa shape index (κ1) is 124. The third kappa shape index (κ3) is 39.9. The van der Waals surface area contributed by atoms with E-state index in [0.29, 0.717) is 40.7 Å². The van der Waals surface area contributed by atoms with Crippen molar-refractivity contribution in [2.24, 2.45) is 21.1 Å². The van der Waals surface area contributed by atoms with Crippen molar-refractivity contribution in [1.29, 1.82) is 0 Å². The molecule has 0 aliphatic heterocycles. The Bertz CT molecular complexity index is 6230. The number of carboxylic acid groups (broad SMARTS) is 4. The van der Waals surface area contributed by atoms with Gasteiger partial charge in [0.15, 0.2) is 22.8 Å². The van der Waals surface area contributed by atoms with E-state index in [4.69, 9.17) is 27.0 Å². The number of rotatable bonds is 12. The van der Waals surface area contributed by atoms with Gasteiger partial charge in [0.2, 0.25) is 0 Å². The molecule has 0 bridgehead atoms. The summed E-state index contributed by atoms with van der Waals surface area (Å²) in [6, 6.07) is 53.1. The molecule has 13 aromatic heterocycles. The van der Waals surface area contributed by atoms with E-state index in [0.717, 1.165) is 99.0 Å². The fraction of sp³-hybridized carbons (Fsp3) is 0.137.